The van der Waals surface area contributed by atoms with Crippen LogP contribution in [-0.2, 0) is 0 Å². The molecule has 0 aliphatic carbocycles. The third kappa shape index (κ3) is 9.89. The van der Waals surface area contributed by atoms with E-state index in [1.807, 2.05) is 26.8 Å². The predicted molar refractivity (Wildman–Crippen MR) is 132 cm³/mol. The minimum Gasteiger partial charge on any atom is -0.402 e. The van der Waals surface area contributed by atoms with E-state index in [4.69, 9.17) is 5.73 Å². The van der Waals surface area contributed by atoms with Gasteiger partial charge in [-0.3, -0.25) is 4.39 Å². The van der Waals surface area contributed by atoms with Gasteiger partial charge in [0.15, 0.2) is 0 Å². The molecule has 3 heteroatoms. The van der Waals surface area contributed by atoms with Gasteiger partial charge >= 0.3 is 0 Å². The molecule has 0 spiro atoms. The Morgan fingerprint density at radius 3 is 1.97 bits per heavy atom. The van der Waals surface area contributed by atoms with Crippen molar-refractivity contribution in [1.82, 2.24) is 5.32 Å². The van der Waals surface area contributed by atoms with Gasteiger partial charge in [-0.2, -0.15) is 0 Å². The van der Waals surface area contributed by atoms with Crippen molar-refractivity contribution in [2.75, 3.05) is 20.3 Å². The lowest BCUT2D eigenvalue weighted by Crippen LogP contribution is -2.19. The fourth-order valence-corrected chi connectivity index (χ4v) is 3.12. The summed E-state index contributed by atoms with van der Waals surface area (Å²) in [7, 11) is 0.500. The molecule has 3 N–H and O–H groups in total. The second-order valence-corrected chi connectivity index (χ2v) is 6.68. The number of alkyl halides is 1. The van der Waals surface area contributed by atoms with Crippen LogP contribution in [0.1, 0.15) is 63.6 Å². The van der Waals surface area contributed by atoms with Crippen molar-refractivity contribution >= 4 is 5.57 Å². The number of hydrogen-bond donors (Lipinski definition) is 2. The Balaban J connectivity index is 0.00000198. The first kappa shape index (κ1) is 27.6. The van der Waals surface area contributed by atoms with E-state index in [9.17, 15) is 4.39 Å². The van der Waals surface area contributed by atoms with Crippen molar-refractivity contribution in [3.63, 3.8) is 0 Å². The number of allylic oxidation sites excluding steroid dienone is 1. The Labute approximate surface area is 184 Å². The molecule has 0 atom stereocenters. The normalized spacial score (nSPS) is 11.5. The van der Waals surface area contributed by atoms with Crippen molar-refractivity contribution in [3.8, 4) is 0 Å². The van der Waals surface area contributed by atoms with Gasteiger partial charge in [-0.1, -0.05) is 92.6 Å². The molecule has 0 heterocycles. The summed E-state index contributed by atoms with van der Waals surface area (Å²) in [6.07, 6.45) is 4.98. The molecule has 0 aliphatic rings. The Hall–Kier alpha value is -2.39. The smallest absolute Gasteiger partial charge is 0.0785 e. The van der Waals surface area contributed by atoms with E-state index < -0.39 is 0 Å². The first-order chi connectivity index (χ1) is 14.7. The quantitative estimate of drug-likeness (QED) is 0.433. The van der Waals surface area contributed by atoms with Gasteiger partial charge in [0.05, 0.1) is 7.18 Å². The molecule has 2 rings (SSSR count). The molecule has 0 aromatic heterocycles. The van der Waals surface area contributed by atoms with Crippen LogP contribution in [0.3, 0.4) is 0 Å². The molecule has 0 saturated carbocycles. The molecule has 2 nitrogen and oxygen atoms in total. The van der Waals surface area contributed by atoms with Crippen LogP contribution in [0.15, 0.2) is 71.9 Å². The molecule has 0 amide bonds. The van der Waals surface area contributed by atoms with Crippen LogP contribution in [0, 0.1) is 6.92 Å². The molecule has 0 radical (unpaired) electrons. The highest BCUT2D eigenvalue weighted by molar-refractivity contribution is 5.82. The average Bonchev–Trinajstić information content (AvgIpc) is 2.82. The van der Waals surface area contributed by atoms with Crippen LogP contribution in [0.2, 0.25) is 0 Å². The van der Waals surface area contributed by atoms with Crippen LogP contribution in [0.5, 0.6) is 0 Å². The van der Waals surface area contributed by atoms with Crippen molar-refractivity contribution in [3.05, 3.63) is 88.6 Å². The molecular weight excluding hydrogens is 371 g/mol. The minimum absolute atomic E-state index is 0.500. The topological polar surface area (TPSA) is 38.0 Å². The maximum absolute atomic E-state index is 9.50. The van der Waals surface area contributed by atoms with Crippen molar-refractivity contribution in [2.24, 2.45) is 5.73 Å². The van der Waals surface area contributed by atoms with Gasteiger partial charge in [-0.15, -0.1) is 0 Å². The van der Waals surface area contributed by atoms with E-state index in [0.717, 1.165) is 38.0 Å². The number of nitrogens with two attached hydrogens (primary N) is 1. The number of nitrogens with one attached hydrogen (secondary N) is 1. The summed E-state index contributed by atoms with van der Waals surface area (Å²) in [5.74, 6) is 0. The van der Waals surface area contributed by atoms with Gasteiger partial charge in [-0.25, -0.2) is 0 Å². The Morgan fingerprint density at radius 2 is 1.43 bits per heavy atom. The maximum Gasteiger partial charge on any atom is 0.0785 e. The molecular formula is C27H41FN2. The lowest BCUT2D eigenvalue weighted by atomic mass is 9.90. The van der Waals surface area contributed by atoms with Crippen LogP contribution in [0.25, 0.3) is 5.57 Å². The first-order valence-electron chi connectivity index (χ1n) is 11.0. The third-order valence-corrected chi connectivity index (χ3v) is 4.75. The lowest BCUT2D eigenvalue weighted by Gasteiger charge is -2.16. The van der Waals surface area contributed by atoms with Gasteiger partial charge in [-0.05, 0) is 56.4 Å². The lowest BCUT2D eigenvalue weighted by molar-refractivity contribution is 0.636. The molecule has 0 bridgehead atoms. The number of hydrogen-bond acceptors (Lipinski definition) is 2. The zero-order valence-electron chi connectivity index (χ0n) is 19.8. The maximum atomic E-state index is 9.50. The summed E-state index contributed by atoms with van der Waals surface area (Å²) in [6, 6.07) is 19.6. The summed E-state index contributed by atoms with van der Waals surface area (Å²) in [4.78, 5) is 0. The van der Waals surface area contributed by atoms with E-state index >= 15 is 0 Å². The van der Waals surface area contributed by atoms with Gasteiger partial charge in [0.2, 0.25) is 0 Å². The second kappa shape index (κ2) is 17.5. The van der Waals surface area contributed by atoms with Gasteiger partial charge in [0, 0.05) is 12.2 Å². The van der Waals surface area contributed by atoms with Gasteiger partial charge in [0.25, 0.3) is 0 Å². The zero-order chi connectivity index (χ0) is 22.8. The van der Waals surface area contributed by atoms with Gasteiger partial charge in [0.1, 0.15) is 0 Å². The van der Waals surface area contributed by atoms with E-state index in [0.29, 0.717) is 7.18 Å². The second-order valence-electron chi connectivity index (χ2n) is 6.68. The predicted octanol–water partition coefficient (Wildman–Crippen LogP) is 7.05. The van der Waals surface area contributed by atoms with Gasteiger partial charge < -0.3 is 11.1 Å². The molecule has 0 fully saturated rings. The van der Waals surface area contributed by atoms with Crippen molar-refractivity contribution < 1.29 is 4.39 Å². The largest absolute Gasteiger partial charge is 0.402 e. The number of rotatable bonds is 9. The molecule has 0 saturated heterocycles. The Kier molecular flexibility index (Phi) is 16.1. The van der Waals surface area contributed by atoms with E-state index in [2.05, 4.69) is 73.8 Å². The summed E-state index contributed by atoms with van der Waals surface area (Å²) < 4.78 is 9.50. The highest BCUT2D eigenvalue weighted by Gasteiger charge is 2.10. The Morgan fingerprint density at radius 1 is 0.900 bits per heavy atom. The number of halogens is 1. The fraction of sp³-hybridized carbons (Fsp3) is 0.407. The van der Waals surface area contributed by atoms with Crippen LogP contribution in [-0.4, -0.2) is 20.3 Å². The summed E-state index contributed by atoms with van der Waals surface area (Å²) in [5, 5.41) is 3.53. The van der Waals surface area contributed by atoms with E-state index in [-0.39, 0.29) is 0 Å². The first-order valence-corrected chi connectivity index (χ1v) is 11.0. The van der Waals surface area contributed by atoms with Crippen LogP contribution in [0.4, 0.5) is 4.39 Å². The van der Waals surface area contributed by atoms with Crippen LogP contribution >= 0.6 is 0 Å². The van der Waals surface area contributed by atoms with E-state index in [1.165, 1.54) is 27.8 Å². The highest BCUT2D eigenvalue weighted by atomic mass is 19.1. The monoisotopic (exact) mass is 412 g/mol. The molecule has 0 unspecified atom stereocenters. The zero-order valence-corrected chi connectivity index (χ0v) is 19.8. The summed E-state index contributed by atoms with van der Waals surface area (Å²) in [5.41, 5.74) is 13.6. The Bertz CT molecular complexity index is 731. The highest BCUT2D eigenvalue weighted by Crippen LogP contribution is 2.30. The molecule has 0 aliphatic heterocycles. The van der Waals surface area contributed by atoms with Crippen molar-refractivity contribution in [1.29, 1.82) is 0 Å². The fourth-order valence-electron chi connectivity index (χ4n) is 3.12. The summed E-state index contributed by atoms with van der Waals surface area (Å²) >= 11 is 0. The van der Waals surface area contributed by atoms with E-state index in [1.54, 1.807) is 0 Å². The minimum atomic E-state index is 0.500. The standard InChI is InChI=1S/C24H32N2.C2H6.CH3F/c1-4-20(15-17-26-18-16-23(25)5-2)24(21-9-7-6-8-10-21)22-13-11-19(3)12-14-22;2*1-2/h5-14,26H,4,15-18,25H2,1-3H3;1-2H3;1H3/b23-5-,24-20-;;. The van der Waals surface area contributed by atoms with Crippen molar-refractivity contribution in [2.45, 2.75) is 53.9 Å². The average molecular weight is 413 g/mol. The molecule has 166 valence electrons. The molecule has 2 aromatic carbocycles. The molecule has 2 aromatic rings. The SMILES string of the molecule is C/C=C(\N)CCNCC/C(CC)=C(/c1ccccc1)c1ccc(C)cc1.CC.CF. The van der Waals surface area contributed by atoms with Crippen LogP contribution < -0.4 is 11.1 Å². The third-order valence-electron chi connectivity index (χ3n) is 4.75. The summed E-state index contributed by atoms with van der Waals surface area (Å²) in [6.45, 7) is 12.3. The molecule has 30 heavy (non-hydrogen) atoms. The number of benzene rings is 2. The number of aryl methyl sites for hydroxylation is 1.